The number of carbonyl (C=O) groups is 1. The summed E-state index contributed by atoms with van der Waals surface area (Å²) >= 11 is 0. The Labute approximate surface area is 97.3 Å². The van der Waals surface area contributed by atoms with Crippen molar-refractivity contribution in [2.45, 2.75) is 45.1 Å². The molecular weight excluding hydrogens is 200 g/mol. The van der Waals surface area contributed by atoms with Gasteiger partial charge in [-0.3, -0.25) is 4.79 Å². The van der Waals surface area contributed by atoms with Crippen LogP contribution in [0.15, 0.2) is 30.3 Å². The summed E-state index contributed by atoms with van der Waals surface area (Å²) < 4.78 is 0. The van der Waals surface area contributed by atoms with Gasteiger partial charge in [0.1, 0.15) is 5.60 Å². The minimum atomic E-state index is -1.13. The molecule has 0 aliphatic carbocycles. The molecule has 0 heterocycles. The molecule has 1 rings (SSSR count). The Kier molecular flexibility index (Phi) is 4.69. The van der Waals surface area contributed by atoms with Gasteiger partial charge in [0.15, 0.2) is 5.78 Å². The molecule has 0 aliphatic rings. The number of benzene rings is 1. The highest BCUT2D eigenvalue weighted by Gasteiger charge is 2.30. The lowest BCUT2D eigenvalue weighted by Crippen LogP contribution is -2.37. The third-order valence-electron chi connectivity index (χ3n) is 2.99. The second kappa shape index (κ2) is 5.80. The highest BCUT2D eigenvalue weighted by molar-refractivity contribution is 5.84. The minimum absolute atomic E-state index is 0.120. The molecule has 1 unspecified atom stereocenters. The van der Waals surface area contributed by atoms with Gasteiger partial charge >= 0.3 is 0 Å². The molecule has 88 valence electrons. The topological polar surface area (TPSA) is 37.3 Å². The minimum Gasteiger partial charge on any atom is -0.382 e. The first-order valence-corrected chi connectivity index (χ1v) is 5.86. The fourth-order valence-corrected chi connectivity index (χ4v) is 1.89. The van der Waals surface area contributed by atoms with E-state index in [1.54, 1.807) is 0 Å². The van der Waals surface area contributed by atoms with E-state index in [-0.39, 0.29) is 5.78 Å². The zero-order chi connectivity index (χ0) is 12.0. The zero-order valence-electron chi connectivity index (χ0n) is 10.1. The first-order valence-electron chi connectivity index (χ1n) is 5.86. The number of carbonyl (C=O) groups excluding carboxylic acids is 1. The average Bonchev–Trinajstić information content (AvgIpc) is 2.28. The number of hydrogen-bond donors (Lipinski definition) is 1. The second-order valence-corrected chi connectivity index (χ2v) is 4.32. The van der Waals surface area contributed by atoms with Gasteiger partial charge in [-0.15, -0.1) is 0 Å². The Morgan fingerprint density at radius 2 is 1.88 bits per heavy atom. The van der Waals surface area contributed by atoms with Crippen LogP contribution in [-0.4, -0.2) is 16.5 Å². The van der Waals surface area contributed by atoms with Crippen LogP contribution in [0, 0.1) is 0 Å². The molecule has 1 aromatic rings. The van der Waals surface area contributed by atoms with Gasteiger partial charge in [0.25, 0.3) is 0 Å². The molecule has 0 aliphatic heterocycles. The first-order chi connectivity index (χ1) is 7.58. The van der Waals surface area contributed by atoms with Gasteiger partial charge < -0.3 is 5.11 Å². The molecule has 1 aromatic carbocycles. The quantitative estimate of drug-likeness (QED) is 0.800. The van der Waals surface area contributed by atoms with Gasteiger partial charge in [0.2, 0.25) is 0 Å². The van der Waals surface area contributed by atoms with Crippen LogP contribution < -0.4 is 0 Å². The predicted octanol–water partition coefficient (Wildman–Crippen LogP) is 2.74. The fraction of sp³-hybridized carbons (Fsp3) is 0.500. The number of hydrogen-bond acceptors (Lipinski definition) is 2. The molecule has 1 N–H and O–H groups in total. The summed E-state index contributed by atoms with van der Waals surface area (Å²) in [6.07, 6.45) is 2.64. The van der Waals surface area contributed by atoms with Crippen LogP contribution >= 0.6 is 0 Å². The number of rotatable bonds is 6. The molecule has 0 aromatic heterocycles. The average molecular weight is 220 g/mol. The van der Waals surface area contributed by atoms with E-state index in [0.717, 1.165) is 12.8 Å². The molecule has 0 radical (unpaired) electrons. The lowest BCUT2D eigenvalue weighted by atomic mass is 9.87. The molecular formula is C14H20O2. The Balaban J connectivity index is 2.60. The van der Waals surface area contributed by atoms with Crippen LogP contribution in [0.3, 0.4) is 0 Å². The molecule has 0 amide bonds. The van der Waals surface area contributed by atoms with Gasteiger partial charge in [0, 0.05) is 0 Å². The van der Waals surface area contributed by atoms with Crippen LogP contribution in [0.4, 0.5) is 0 Å². The van der Waals surface area contributed by atoms with Crippen LogP contribution in [0.25, 0.3) is 0 Å². The molecule has 2 heteroatoms. The zero-order valence-corrected chi connectivity index (χ0v) is 10.1. The van der Waals surface area contributed by atoms with Crippen molar-refractivity contribution < 1.29 is 9.90 Å². The number of Topliss-reactive ketones (excluding diaryl/α,β-unsaturated/α-hetero) is 1. The SMILES string of the molecule is CCCC(O)(CCc1ccccc1)C(C)=O. The predicted molar refractivity (Wildman–Crippen MR) is 65.3 cm³/mol. The van der Waals surface area contributed by atoms with Gasteiger partial charge in [-0.1, -0.05) is 43.7 Å². The summed E-state index contributed by atoms with van der Waals surface area (Å²) in [4.78, 5) is 11.4. The van der Waals surface area contributed by atoms with Gasteiger partial charge in [-0.2, -0.15) is 0 Å². The Morgan fingerprint density at radius 1 is 1.25 bits per heavy atom. The van der Waals surface area contributed by atoms with E-state index in [4.69, 9.17) is 0 Å². The van der Waals surface area contributed by atoms with Crippen molar-refractivity contribution in [2.75, 3.05) is 0 Å². The van der Waals surface area contributed by atoms with Crippen LogP contribution in [0.2, 0.25) is 0 Å². The second-order valence-electron chi connectivity index (χ2n) is 4.32. The lowest BCUT2D eigenvalue weighted by molar-refractivity contribution is -0.136. The van der Waals surface area contributed by atoms with Crippen LogP contribution in [-0.2, 0) is 11.2 Å². The first kappa shape index (κ1) is 12.9. The van der Waals surface area contributed by atoms with Crippen molar-refractivity contribution in [3.63, 3.8) is 0 Å². The third kappa shape index (κ3) is 3.46. The highest BCUT2D eigenvalue weighted by atomic mass is 16.3. The molecule has 0 spiro atoms. The monoisotopic (exact) mass is 220 g/mol. The normalized spacial score (nSPS) is 14.4. The van der Waals surface area contributed by atoms with E-state index in [9.17, 15) is 9.90 Å². The van der Waals surface area contributed by atoms with E-state index < -0.39 is 5.60 Å². The Bertz CT molecular complexity index is 332. The summed E-state index contributed by atoms with van der Waals surface area (Å²) in [7, 11) is 0. The van der Waals surface area contributed by atoms with Crippen LogP contribution in [0.1, 0.15) is 38.7 Å². The maximum absolute atomic E-state index is 11.4. The summed E-state index contributed by atoms with van der Waals surface area (Å²) in [5, 5.41) is 10.2. The maximum atomic E-state index is 11.4. The van der Waals surface area contributed by atoms with E-state index >= 15 is 0 Å². The Morgan fingerprint density at radius 3 is 2.38 bits per heavy atom. The third-order valence-corrected chi connectivity index (χ3v) is 2.99. The smallest absolute Gasteiger partial charge is 0.161 e. The van der Waals surface area contributed by atoms with Crippen molar-refractivity contribution >= 4 is 5.78 Å². The molecule has 0 fully saturated rings. The molecule has 0 bridgehead atoms. The highest BCUT2D eigenvalue weighted by Crippen LogP contribution is 2.21. The van der Waals surface area contributed by atoms with E-state index in [2.05, 4.69) is 0 Å². The molecule has 1 atom stereocenters. The summed E-state index contributed by atoms with van der Waals surface area (Å²) in [5.74, 6) is -0.120. The summed E-state index contributed by atoms with van der Waals surface area (Å²) in [6, 6.07) is 9.95. The molecule has 0 saturated carbocycles. The van der Waals surface area contributed by atoms with Crippen molar-refractivity contribution in [3.8, 4) is 0 Å². The van der Waals surface area contributed by atoms with Gasteiger partial charge in [0.05, 0.1) is 0 Å². The number of ketones is 1. The summed E-state index contributed by atoms with van der Waals surface area (Å²) in [5.41, 5.74) is 0.0307. The summed E-state index contributed by atoms with van der Waals surface area (Å²) in [6.45, 7) is 3.46. The van der Waals surface area contributed by atoms with E-state index in [0.29, 0.717) is 12.8 Å². The van der Waals surface area contributed by atoms with Crippen LogP contribution in [0.5, 0.6) is 0 Å². The van der Waals surface area contributed by atoms with Crippen molar-refractivity contribution in [1.82, 2.24) is 0 Å². The fourth-order valence-electron chi connectivity index (χ4n) is 1.89. The van der Waals surface area contributed by atoms with E-state index in [1.807, 2.05) is 37.3 Å². The maximum Gasteiger partial charge on any atom is 0.161 e. The van der Waals surface area contributed by atoms with Crippen molar-refractivity contribution in [1.29, 1.82) is 0 Å². The largest absolute Gasteiger partial charge is 0.382 e. The Hall–Kier alpha value is -1.15. The van der Waals surface area contributed by atoms with Crippen molar-refractivity contribution in [3.05, 3.63) is 35.9 Å². The molecule has 2 nitrogen and oxygen atoms in total. The number of aryl methyl sites for hydroxylation is 1. The lowest BCUT2D eigenvalue weighted by Gasteiger charge is -2.24. The molecule has 0 saturated heterocycles. The molecule has 16 heavy (non-hydrogen) atoms. The van der Waals surface area contributed by atoms with Gasteiger partial charge in [-0.05, 0) is 31.7 Å². The number of aliphatic hydroxyl groups is 1. The standard InChI is InChI=1S/C14H20O2/c1-3-10-14(16,12(2)15)11-9-13-7-5-4-6-8-13/h4-8,16H,3,9-11H2,1-2H3. The van der Waals surface area contributed by atoms with Crippen molar-refractivity contribution in [2.24, 2.45) is 0 Å². The van der Waals surface area contributed by atoms with Gasteiger partial charge in [-0.25, -0.2) is 0 Å². The van der Waals surface area contributed by atoms with E-state index in [1.165, 1.54) is 12.5 Å².